The van der Waals surface area contributed by atoms with Gasteiger partial charge in [-0.25, -0.2) is 0 Å². The third kappa shape index (κ3) is 3.09. The van der Waals surface area contributed by atoms with E-state index < -0.39 is 0 Å². The maximum Gasteiger partial charge on any atom is 0.272 e. The molecule has 0 radical (unpaired) electrons. The molecule has 0 saturated heterocycles. The SMILES string of the molecule is O=C(Nc1cc2c(cc1Cl)OCCCO2)c1cc(Cl)c[nH]1. The summed E-state index contributed by atoms with van der Waals surface area (Å²) < 4.78 is 11.1. The number of anilines is 1. The molecule has 2 aromatic rings. The van der Waals surface area contributed by atoms with Crippen LogP contribution in [0.2, 0.25) is 10.0 Å². The number of hydrogen-bond acceptors (Lipinski definition) is 3. The maximum atomic E-state index is 12.1. The van der Waals surface area contributed by atoms with Gasteiger partial charge < -0.3 is 19.8 Å². The van der Waals surface area contributed by atoms with Crippen LogP contribution in [0.5, 0.6) is 11.5 Å². The Morgan fingerprint density at radius 2 is 1.86 bits per heavy atom. The largest absolute Gasteiger partial charge is 0.490 e. The first-order valence-electron chi connectivity index (χ1n) is 6.38. The van der Waals surface area contributed by atoms with Crippen LogP contribution >= 0.6 is 23.2 Å². The van der Waals surface area contributed by atoms with Gasteiger partial charge in [0.15, 0.2) is 11.5 Å². The summed E-state index contributed by atoms with van der Waals surface area (Å²) in [7, 11) is 0. The van der Waals surface area contributed by atoms with Crippen molar-refractivity contribution in [1.29, 1.82) is 0 Å². The van der Waals surface area contributed by atoms with Gasteiger partial charge in [0.05, 0.1) is 28.9 Å². The highest BCUT2D eigenvalue weighted by Crippen LogP contribution is 2.37. The smallest absolute Gasteiger partial charge is 0.272 e. The Kier molecular flexibility index (Phi) is 3.94. The Bertz CT molecular complexity index is 685. The summed E-state index contributed by atoms with van der Waals surface area (Å²) in [6.45, 7) is 1.14. The van der Waals surface area contributed by atoms with Crippen molar-refractivity contribution in [1.82, 2.24) is 4.98 Å². The molecule has 1 aromatic carbocycles. The number of amides is 1. The fourth-order valence-corrected chi connectivity index (χ4v) is 2.33. The fraction of sp³-hybridized carbons (Fsp3) is 0.214. The molecule has 5 nitrogen and oxygen atoms in total. The van der Waals surface area contributed by atoms with E-state index in [1.165, 1.54) is 12.3 Å². The average Bonchev–Trinajstić information content (AvgIpc) is 2.76. The van der Waals surface area contributed by atoms with Crippen LogP contribution < -0.4 is 14.8 Å². The lowest BCUT2D eigenvalue weighted by Gasteiger charge is -2.12. The molecule has 0 bridgehead atoms. The van der Waals surface area contributed by atoms with Gasteiger partial charge in [-0.05, 0) is 6.07 Å². The van der Waals surface area contributed by atoms with Crippen LogP contribution in [-0.4, -0.2) is 24.1 Å². The van der Waals surface area contributed by atoms with Gasteiger partial charge in [0.2, 0.25) is 0 Å². The number of H-pyrrole nitrogens is 1. The fourth-order valence-electron chi connectivity index (χ4n) is 1.97. The van der Waals surface area contributed by atoms with Crippen LogP contribution in [0.1, 0.15) is 16.9 Å². The quantitative estimate of drug-likeness (QED) is 0.883. The maximum absolute atomic E-state index is 12.1. The Hall–Kier alpha value is -1.85. The monoisotopic (exact) mass is 326 g/mol. The van der Waals surface area contributed by atoms with Crippen LogP contribution in [-0.2, 0) is 0 Å². The highest BCUT2D eigenvalue weighted by Gasteiger charge is 2.16. The molecule has 21 heavy (non-hydrogen) atoms. The van der Waals surface area contributed by atoms with Gasteiger partial charge in [-0.3, -0.25) is 4.79 Å². The molecule has 3 rings (SSSR count). The van der Waals surface area contributed by atoms with Gasteiger partial charge in [-0.2, -0.15) is 0 Å². The molecule has 1 aromatic heterocycles. The van der Waals surface area contributed by atoms with Crippen LogP contribution in [0, 0.1) is 0 Å². The Morgan fingerprint density at radius 1 is 1.14 bits per heavy atom. The lowest BCUT2D eigenvalue weighted by atomic mass is 10.2. The summed E-state index contributed by atoms with van der Waals surface area (Å²) in [5.74, 6) is 0.813. The third-order valence-corrected chi connectivity index (χ3v) is 3.51. The van der Waals surface area contributed by atoms with E-state index in [1.54, 1.807) is 12.1 Å². The Balaban J connectivity index is 1.85. The van der Waals surface area contributed by atoms with Gasteiger partial charge >= 0.3 is 0 Å². The van der Waals surface area contributed by atoms with Crippen LogP contribution in [0.25, 0.3) is 0 Å². The zero-order valence-corrected chi connectivity index (χ0v) is 12.4. The second kappa shape index (κ2) is 5.87. The average molecular weight is 327 g/mol. The van der Waals surface area contributed by atoms with Crippen LogP contribution in [0.15, 0.2) is 24.4 Å². The summed E-state index contributed by atoms with van der Waals surface area (Å²) >= 11 is 11.9. The van der Waals surface area contributed by atoms with Gasteiger partial charge in [-0.1, -0.05) is 23.2 Å². The van der Waals surface area contributed by atoms with E-state index in [2.05, 4.69) is 10.3 Å². The van der Waals surface area contributed by atoms with Crippen molar-refractivity contribution in [3.8, 4) is 11.5 Å². The molecule has 0 atom stereocenters. The number of rotatable bonds is 2. The van der Waals surface area contributed by atoms with Gasteiger partial charge in [-0.15, -0.1) is 0 Å². The van der Waals surface area contributed by atoms with Crippen molar-refractivity contribution in [2.24, 2.45) is 0 Å². The minimum atomic E-state index is -0.335. The highest BCUT2D eigenvalue weighted by atomic mass is 35.5. The number of halogens is 2. The Labute approximate surface area is 131 Å². The number of hydrogen-bond donors (Lipinski definition) is 2. The summed E-state index contributed by atoms with van der Waals surface area (Å²) in [6.07, 6.45) is 2.33. The number of carbonyl (C=O) groups is 1. The highest BCUT2D eigenvalue weighted by molar-refractivity contribution is 6.34. The molecule has 110 valence electrons. The molecule has 0 aliphatic carbocycles. The predicted octanol–water partition coefficient (Wildman–Crippen LogP) is 3.74. The number of aromatic nitrogens is 1. The normalized spacial score (nSPS) is 13.6. The first kappa shape index (κ1) is 14.1. The van der Waals surface area contributed by atoms with E-state index in [0.717, 1.165) is 6.42 Å². The molecule has 0 spiro atoms. The first-order chi connectivity index (χ1) is 10.1. The summed E-state index contributed by atoms with van der Waals surface area (Å²) in [5.41, 5.74) is 0.805. The van der Waals surface area contributed by atoms with Crippen molar-refractivity contribution < 1.29 is 14.3 Å². The molecule has 0 fully saturated rings. The zero-order valence-electron chi connectivity index (χ0n) is 10.9. The summed E-state index contributed by atoms with van der Waals surface area (Å²) in [5, 5.41) is 3.56. The van der Waals surface area contributed by atoms with Crippen molar-refractivity contribution >= 4 is 34.8 Å². The zero-order chi connectivity index (χ0) is 14.8. The molecule has 7 heteroatoms. The van der Waals surface area contributed by atoms with Crippen molar-refractivity contribution in [3.63, 3.8) is 0 Å². The van der Waals surface area contributed by atoms with Gasteiger partial charge in [0.1, 0.15) is 5.69 Å². The standard InChI is InChI=1S/C14H12Cl2N2O3/c15-8-4-11(17-7-8)14(19)18-10-6-13-12(5-9(10)16)20-2-1-3-21-13/h4-7,17H,1-3H2,(H,18,19). The number of benzene rings is 1. The third-order valence-electron chi connectivity index (χ3n) is 2.98. The topological polar surface area (TPSA) is 63.4 Å². The molecular weight excluding hydrogens is 315 g/mol. The van der Waals surface area contributed by atoms with E-state index in [0.29, 0.717) is 46.1 Å². The number of carbonyl (C=O) groups excluding carboxylic acids is 1. The predicted molar refractivity (Wildman–Crippen MR) is 80.8 cm³/mol. The summed E-state index contributed by atoms with van der Waals surface area (Å²) in [6, 6.07) is 4.83. The van der Waals surface area contributed by atoms with E-state index in [4.69, 9.17) is 32.7 Å². The molecule has 1 aliphatic rings. The van der Waals surface area contributed by atoms with Crippen molar-refractivity contribution in [2.45, 2.75) is 6.42 Å². The molecule has 2 N–H and O–H groups in total. The van der Waals surface area contributed by atoms with E-state index in [9.17, 15) is 4.79 Å². The molecule has 1 amide bonds. The lowest BCUT2D eigenvalue weighted by molar-refractivity contribution is 0.102. The second-order valence-corrected chi connectivity index (χ2v) is 5.36. The molecule has 0 unspecified atom stereocenters. The number of nitrogens with one attached hydrogen (secondary N) is 2. The second-order valence-electron chi connectivity index (χ2n) is 4.51. The van der Waals surface area contributed by atoms with Crippen LogP contribution in [0.3, 0.4) is 0 Å². The molecule has 2 heterocycles. The van der Waals surface area contributed by atoms with Crippen LogP contribution in [0.4, 0.5) is 5.69 Å². The van der Waals surface area contributed by atoms with E-state index in [-0.39, 0.29) is 5.91 Å². The minimum Gasteiger partial charge on any atom is -0.490 e. The first-order valence-corrected chi connectivity index (χ1v) is 7.13. The van der Waals surface area contributed by atoms with Crippen molar-refractivity contribution in [2.75, 3.05) is 18.5 Å². The van der Waals surface area contributed by atoms with Gasteiger partial charge in [0, 0.05) is 24.8 Å². The molecule has 0 saturated carbocycles. The van der Waals surface area contributed by atoms with Gasteiger partial charge in [0.25, 0.3) is 5.91 Å². The Morgan fingerprint density at radius 3 is 2.52 bits per heavy atom. The summed E-state index contributed by atoms with van der Waals surface area (Å²) in [4.78, 5) is 14.9. The number of aromatic amines is 1. The number of ether oxygens (including phenoxy) is 2. The minimum absolute atomic E-state index is 0.335. The molecular formula is C14H12Cl2N2O3. The van der Waals surface area contributed by atoms with E-state index >= 15 is 0 Å². The number of fused-ring (bicyclic) bond motifs is 1. The molecule has 1 aliphatic heterocycles. The van der Waals surface area contributed by atoms with E-state index in [1.807, 2.05) is 0 Å². The van der Waals surface area contributed by atoms with Crippen molar-refractivity contribution in [3.05, 3.63) is 40.1 Å². The lowest BCUT2D eigenvalue weighted by Crippen LogP contribution is -2.12.